The highest BCUT2D eigenvalue weighted by atomic mass is 31.2. The summed E-state index contributed by atoms with van der Waals surface area (Å²) in [7, 11) is -4.00. The molecule has 0 spiro atoms. The van der Waals surface area contributed by atoms with Crippen molar-refractivity contribution in [3.05, 3.63) is 35.9 Å². The van der Waals surface area contributed by atoms with Gasteiger partial charge < -0.3 is 20.6 Å². The molecule has 1 aliphatic heterocycles. The topological polar surface area (TPSA) is 130 Å². The smallest absolute Gasteiger partial charge is 0.328 e. The van der Waals surface area contributed by atoms with Gasteiger partial charge in [-0.2, -0.15) is 0 Å². The van der Waals surface area contributed by atoms with E-state index in [-0.39, 0.29) is 12.6 Å². The van der Waals surface area contributed by atoms with E-state index >= 15 is 0 Å². The molecule has 1 aromatic rings. The number of hydrogen-bond donors (Lipinski definition) is 3. The maximum absolute atomic E-state index is 12.9. The minimum Gasteiger partial charge on any atom is -0.480 e. The molecule has 2 rings (SSSR count). The molecule has 8 nitrogen and oxygen atoms in total. The zero-order valence-corrected chi connectivity index (χ0v) is 17.5. The first-order valence-corrected chi connectivity index (χ1v) is 11.9. The molecule has 0 saturated carbocycles. The Balaban J connectivity index is 1.99. The molecular formula is C20H31N2O6P. The number of carbonyl (C=O) groups is 2. The maximum atomic E-state index is 12.9. The SMILES string of the molecule is NCCCCC(OP(=O)(O)CCCc1ccccc1)C(=O)N1CCC[C@H]1C(=O)O. The van der Waals surface area contributed by atoms with Gasteiger partial charge in [0, 0.05) is 6.54 Å². The van der Waals surface area contributed by atoms with Crippen LogP contribution in [0.1, 0.15) is 44.1 Å². The summed E-state index contributed by atoms with van der Waals surface area (Å²) in [5, 5.41) is 9.33. The number of rotatable bonds is 12. The van der Waals surface area contributed by atoms with Gasteiger partial charge in [0.25, 0.3) is 5.91 Å². The van der Waals surface area contributed by atoms with E-state index in [1.165, 1.54) is 4.90 Å². The zero-order chi connectivity index (χ0) is 21.3. The highest BCUT2D eigenvalue weighted by molar-refractivity contribution is 7.52. The number of hydrogen-bond acceptors (Lipinski definition) is 5. The predicted molar refractivity (Wildman–Crippen MR) is 110 cm³/mol. The van der Waals surface area contributed by atoms with Crippen molar-refractivity contribution in [2.75, 3.05) is 19.3 Å². The van der Waals surface area contributed by atoms with Crippen molar-refractivity contribution in [3.8, 4) is 0 Å². The average molecular weight is 426 g/mol. The van der Waals surface area contributed by atoms with Crippen LogP contribution in [0.5, 0.6) is 0 Å². The number of likely N-dealkylation sites (tertiary alicyclic amines) is 1. The number of nitrogens with two attached hydrogens (primary N) is 1. The lowest BCUT2D eigenvalue weighted by Gasteiger charge is -2.28. The molecule has 1 amide bonds. The van der Waals surface area contributed by atoms with Crippen molar-refractivity contribution in [1.29, 1.82) is 0 Å². The number of benzene rings is 1. The Morgan fingerprint density at radius 3 is 2.62 bits per heavy atom. The molecule has 1 fully saturated rings. The summed E-state index contributed by atoms with van der Waals surface area (Å²) in [5.74, 6) is -1.59. The molecule has 0 radical (unpaired) electrons. The van der Waals surface area contributed by atoms with Gasteiger partial charge in [0.15, 0.2) is 0 Å². The van der Waals surface area contributed by atoms with Crippen LogP contribution in [0, 0.1) is 0 Å². The van der Waals surface area contributed by atoms with Gasteiger partial charge >= 0.3 is 13.6 Å². The standard InChI is InChI=1S/C20H31N2O6P/c21-13-5-4-12-18(19(23)22-14-6-11-17(22)20(24)25)28-29(26,27)15-7-10-16-8-2-1-3-9-16/h1-3,8-9,17-18H,4-7,10-15,21H2,(H,24,25)(H,26,27)/t17-,18?/m0/s1. The minimum atomic E-state index is -4.00. The fourth-order valence-electron chi connectivity index (χ4n) is 3.55. The Morgan fingerprint density at radius 1 is 1.24 bits per heavy atom. The molecule has 4 N–H and O–H groups in total. The van der Waals surface area contributed by atoms with Crippen LogP contribution in [0.15, 0.2) is 30.3 Å². The summed E-state index contributed by atoms with van der Waals surface area (Å²) >= 11 is 0. The number of aliphatic carboxylic acids is 1. The van der Waals surface area contributed by atoms with Gasteiger partial charge in [-0.1, -0.05) is 30.3 Å². The Bertz CT molecular complexity index is 714. The quantitative estimate of drug-likeness (QED) is 0.346. The molecule has 0 bridgehead atoms. The lowest BCUT2D eigenvalue weighted by atomic mass is 10.1. The Hall–Kier alpha value is -1.73. The van der Waals surface area contributed by atoms with E-state index < -0.39 is 31.6 Å². The highest BCUT2D eigenvalue weighted by Crippen LogP contribution is 2.45. The number of carbonyl (C=O) groups excluding carboxylic acids is 1. The first kappa shape index (κ1) is 23.5. The second-order valence-corrected chi connectivity index (χ2v) is 9.29. The van der Waals surface area contributed by atoms with Crippen molar-refractivity contribution in [2.45, 2.75) is 57.1 Å². The maximum Gasteiger partial charge on any atom is 0.328 e. The van der Waals surface area contributed by atoms with Crippen molar-refractivity contribution in [3.63, 3.8) is 0 Å². The van der Waals surface area contributed by atoms with Gasteiger partial charge in [0.2, 0.25) is 0 Å². The Labute approximate surface area is 171 Å². The van der Waals surface area contributed by atoms with Gasteiger partial charge in [-0.15, -0.1) is 0 Å². The molecule has 9 heteroatoms. The van der Waals surface area contributed by atoms with Crippen LogP contribution in [0.2, 0.25) is 0 Å². The number of unbranched alkanes of at least 4 members (excludes halogenated alkanes) is 1. The van der Waals surface area contributed by atoms with Gasteiger partial charge in [-0.3, -0.25) is 13.9 Å². The van der Waals surface area contributed by atoms with Gasteiger partial charge in [0.05, 0.1) is 6.16 Å². The lowest BCUT2D eigenvalue weighted by molar-refractivity contribution is -0.151. The van der Waals surface area contributed by atoms with Gasteiger partial charge in [-0.25, -0.2) is 4.79 Å². The Kier molecular flexibility index (Phi) is 9.30. The van der Waals surface area contributed by atoms with Crippen molar-refractivity contribution in [1.82, 2.24) is 4.90 Å². The number of nitrogens with zero attached hydrogens (tertiary/aromatic N) is 1. The second-order valence-electron chi connectivity index (χ2n) is 7.36. The molecule has 2 unspecified atom stereocenters. The summed E-state index contributed by atoms with van der Waals surface area (Å²) in [6, 6.07) is 8.71. The number of amides is 1. The highest BCUT2D eigenvalue weighted by Gasteiger charge is 2.39. The molecule has 1 aromatic carbocycles. The van der Waals surface area contributed by atoms with Crippen LogP contribution in [0.25, 0.3) is 0 Å². The largest absolute Gasteiger partial charge is 0.480 e. The molecule has 1 aliphatic rings. The first-order valence-electron chi connectivity index (χ1n) is 10.1. The first-order chi connectivity index (χ1) is 13.8. The van der Waals surface area contributed by atoms with E-state index in [0.717, 1.165) is 5.56 Å². The van der Waals surface area contributed by atoms with E-state index in [0.29, 0.717) is 51.6 Å². The van der Waals surface area contributed by atoms with E-state index in [1.807, 2.05) is 30.3 Å². The number of carboxylic acids is 1. The fourth-order valence-corrected chi connectivity index (χ4v) is 4.80. The third-order valence-electron chi connectivity index (χ3n) is 5.06. The summed E-state index contributed by atoms with van der Waals surface area (Å²) in [6.07, 6.45) is 2.30. The molecule has 3 atom stereocenters. The Morgan fingerprint density at radius 2 is 1.97 bits per heavy atom. The van der Waals surface area contributed by atoms with Crippen LogP contribution < -0.4 is 5.73 Å². The van der Waals surface area contributed by atoms with Crippen molar-refractivity contribution in [2.24, 2.45) is 5.73 Å². The number of aryl methyl sites for hydroxylation is 1. The van der Waals surface area contributed by atoms with Gasteiger partial charge in [-0.05, 0) is 57.1 Å². The molecular weight excluding hydrogens is 395 g/mol. The molecule has 1 heterocycles. The van der Waals surface area contributed by atoms with Crippen LogP contribution in [-0.4, -0.2) is 58.2 Å². The molecule has 0 aliphatic carbocycles. The van der Waals surface area contributed by atoms with Crippen molar-refractivity contribution < 1.29 is 28.7 Å². The van der Waals surface area contributed by atoms with Crippen LogP contribution in [0.3, 0.4) is 0 Å². The van der Waals surface area contributed by atoms with E-state index in [4.69, 9.17) is 10.3 Å². The number of carboxylic acid groups (broad SMARTS) is 1. The molecule has 0 aromatic heterocycles. The van der Waals surface area contributed by atoms with E-state index in [2.05, 4.69) is 0 Å². The summed E-state index contributed by atoms with van der Waals surface area (Å²) in [6.45, 7) is 0.756. The average Bonchev–Trinajstić information content (AvgIpc) is 3.17. The second kappa shape index (κ2) is 11.5. The summed E-state index contributed by atoms with van der Waals surface area (Å²) in [5.41, 5.74) is 6.56. The van der Waals surface area contributed by atoms with E-state index in [1.54, 1.807) is 0 Å². The third-order valence-corrected chi connectivity index (χ3v) is 6.52. The minimum absolute atomic E-state index is 0.0646. The van der Waals surface area contributed by atoms with E-state index in [9.17, 15) is 24.2 Å². The van der Waals surface area contributed by atoms with Gasteiger partial charge in [0.1, 0.15) is 12.1 Å². The fraction of sp³-hybridized carbons (Fsp3) is 0.600. The van der Waals surface area contributed by atoms with Crippen LogP contribution in [0.4, 0.5) is 0 Å². The summed E-state index contributed by atoms with van der Waals surface area (Å²) < 4.78 is 18.0. The predicted octanol–water partition coefficient (Wildman–Crippen LogP) is 2.39. The molecule has 1 saturated heterocycles. The van der Waals surface area contributed by atoms with Crippen LogP contribution in [-0.2, 0) is 25.1 Å². The molecule has 29 heavy (non-hydrogen) atoms. The lowest BCUT2D eigenvalue weighted by Crippen LogP contribution is -2.46. The zero-order valence-electron chi connectivity index (χ0n) is 16.6. The van der Waals surface area contributed by atoms with Crippen molar-refractivity contribution >= 4 is 19.5 Å². The monoisotopic (exact) mass is 426 g/mol. The third kappa shape index (κ3) is 7.55. The summed E-state index contributed by atoms with van der Waals surface area (Å²) in [4.78, 5) is 35.9. The normalized spacial score (nSPS) is 19.7. The van der Waals surface area contributed by atoms with Crippen LogP contribution >= 0.6 is 7.60 Å². The molecule has 162 valence electrons.